The number of nitriles is 2. The second-order valence-corrected chi connectivity index (χ2v) is 4.50. The summed E-state index contributed by atoms with van der Waals surface area (Å²) in [6.45, 7) is 2.25. The van der Waals surface area contributed by atoms with Gasteiger partial charge in [0.1, 0.15) is 0 Å². The molecule has 1 fully saturated rings. The van der Waals surface area contributed by atoms with Gasteiger partial charge < -0.3 is 10.2 Å². The molecule has 0 atom stereocenters. The number of hydrogen-bond acceptors (Lipinski definition) is 6. The van der Waals surface area contributed by atoms with Crippen molar-refractivity contribution in [3.63, 3.8) is 0 Å². The standard InChI is InChI=1S/C12H15N7O/c13-3-1-5-18(6-2-4-14)12(20)11-9-19(17-16-11)10-7-15-8-10/h9-10,15H,1-2,5-8H2. The Balaban J connectivity index is 2.03. The van der Waals surface area contributed by atoms with Crippen molar-refractivity contribution in [2.75, 3.05) is 26.2 Å². The molecule has 20 heavy (non-hydrogen) atoms. The first kappa shape index (κ1) is 14.0. The smallest absolute Gasteiger partial charge is 0.276 e. The molecule has 1 aliphatic heterocycles. The van der Waals surface area contributed by atoms with Crippen molar-refractivity contribution in [2.45, 2.75) is 18.9 Å². The van der Waals surface area contributed by atoms with Crippen molar-refractivity contribution >= 4 is 5.91 Å². The SMILES string of the molecule is N#CCCN(CCC#N)C(=O)c1cn(C2CNC2)nn1. The Bertz CT molecular complexity index is 531. The van der Waals surface area contributed by atoms with Gasteiger partial charge in [0.15, 0.2) is 5.69 Å². The zero-order valence-corrected chi connectivity index (χ0v) is 11.0. The van der Waals surface area contributed by atoms with E-state index in [1.54, 1.807) is 10.9 Å². The fourth-order valence-electron chi connectivity index (χ4n) is 1.86. The number of carbonyl (C=O) groups excluding carboxylic acids is 1. The van der Waals surface area contributed by atoms with E-state index >= 15 is 0 Å². The van der Waals surface area contributed by atoms with Crippen LogP contribution in [0, 0.1) is 22.7 Å². The second-order valence-electron chi connectivity index (χ2n) is 4.50. The summed E-state index contributed by atoms with van der Waals surface area (Å²) in [6.07, 6.45) is 2.09. The molecular weight excluding hydrogens is 258 g/mol. The summed E-state index contributed by atoms with van der Waals surface area (Å²) in [5, 5.41) is 28.2. The normalized spacial score (nSPS) is 14.1. The van der Waals surface area contributed by atoms with E-state index in [4.69, 9.17) is 10.5 Å². The van der Waals surface area contributed by atoms with Crippen LogP contribution in [0.1, 0.15) is 29.4 Å². The monoisotopic (exact) mass is 273 g/mol. The van der Waals surface area contributed by atoms with Gasteiger partial charge in [-0.3, -0.25) is 4.79 Å². The molecule has 1 aliphatic rings. The van der Waals surface area contributed by atoms with Crippen LogP contribution < -0.4 is 5.32 Å². The van der Waals surface area contributed by atoms with Crippen LogP contribution >= 0.6 is 0 Å². The summed E-state index contributed by atoms with van der Waals surface area (Å²) in [5.41, 5.74) is 0.257. The van der Waals surface area contributed by atoms with Crippen LogP contribution in [0.25, 0.3) is 0 Å². The summed E-state index contributed by atoms with van der Waals surface area (Å²) in [7, 11) is 0. The Labute approximate surface area is 116 Å². The average molecular weight is 273 g/mol. The summed E-state index contributed by atoms with van der Waals surface area (Å²) in [5.74, 6) is -0.283. The number of nitrogens with one attached hydrogen (secondary N) is 1. The molecule has 1 aromatic rings. The molecule has 1 N–H and O–H groups in total. The lowest BCUT2D eigenvalue weighted by molar-refractivity contribution is 0.0756. The highest BCUT2D eigenvalue weighted by Crippen LogP contribution is 2.11. The van der Waals surface area contributed by atoms with E-state index in [9.17, 15) is 4.79 Å². The lowest BCUT2D eigenvalue weighted by Crippen LogP contribution is -2.43. The van der Waals surface area contributed by atoms with Gasteiger partial charge in [-0.1, -0.05) is 5.21 Å². The first-order chi connectivity index (χ1) is 9.76. The van der Waals surface area contributed by atoms with E-state index in [2.05, 4.69) is 15.6 Å². The number of amides is 1. The molecule has 104 valence electrons. The zero-order chi connectivity index (χ0) is 14.4. The molecule has 8 heteroatoms. The van der Waals surface area contributed by atoms with Crippen molar-refractivity contribution in [1.82, 2.24) is 25.2 Å². The van der Waals surface area contributed by atoms with Gasteiger partial charge in [-0.05, 0) is 0 Å². The van der Waals surface area contributed by atoms with E-state index in [0.29, 0.717) is 13.1 Å². The molecule has 0 aromatic carbocycles. The molecule has 1 amide bonds. The molecule has 0 bridgehead atoms. The number of nitrogens with zero attached hydrogens (tertiary/aromatic N) is 6. The van der Waals surface area contributed by atoms with Gasteiger partial charge in [-0.15, -0.1) is 5.10 Å². The Morgan fingerprint density at radius 1 is 1.40 bits per heavy atom. The van der Waals surface area contributed by atoms with Crippen molar-refractivity contribution in [3.8, 4) is 12.1 Å². The van der Waals surface area contributed by atoms with Gasteiger partial charge in [-0.2, -0.15) is 10.5 Å². The van der Waals surface area contributed by atoms with Crippen LogP contribution in [0.3, 0.4) is 0 Å². The molecule has 1 aromatic heterocycles. The second kappa shape index (κ2) is 6.64. The van der Waals surface area contributed by atoms with Gasteiger partial charge >= 0.3 is 0 Å². The fourth-order valence-corrected chi connectivity index (χ4v) is 1.86. The molecule has 0 saturated carbocycles. The van der Waals surface area contributed by atoms with Crippen molar-refractivity contribution in [2.24, 2.45) is 0 Å². The van der Waals surface area contributed by atoms with Gasteiger partial charge in [0.05, 0.1) is 37.2 Å². The van der Waals surface area contributed by atoms with Gasteiger partial charge in [0.2, 0.25) is 0 Å². The van der Waals surface area contributed by atoms with E-state index < -0.39 is 0 Å². The molecule has 1 saturated heterocycles. The van der Waals surface area contributed by atoms with Crippen molar-refractivity contribution in [1.29, 1.82) is 10.5 Å². The van der Waals surface area contributed by atoms with Crippen LogP contribution in [0.4, 0.5) is 0 Å². The minimum Gasteiger partial charge on any atom is -0.335 e. The summed E-state index contributed by atoms with van der Waals surface area (Å²) >= 11 is 0. The van der Waals surface area contributed by atoms with E-state index in [-0.39, 0.29) is 30.5 Å². The number of hydrogen-bond donors (Lipinski definition) is 1. The van der Waals surface area contributed by atoms with Crippen molar-refractivity contribution in [3.05, 3.63) is 11.9 Å². The third-order valence-corrected chi connectivity index (χ3v) is 3.14. The largest absolute Gasteiger partial charge is 0.335 e. The van der Waals surface area contributed by atoms with Crippen LogP contribution in [-0.2, 0) is 0 Å². The first-order valence-electron chi connectivity index (χ1n) is 6.42. The van der Waals surface area contributed by atoms with Crippen LogP contribution in [0.5, 0.6) is 0 Å². The highest BCUT2D eigenvalue weighted by molar-refractivity contribution is 5.91. The maximum absolute atomic E-state index is 12.3. The third-order valence-electron chi connectivity index (χ3n) is 3.14. The highest BCUT2D eigenvalue weighted by Gasteiger charge is 2.23. The van der Waals surface area contributed by atoms with Gasteiger partial charge in [0, 0.05) is 26.2 Å². The topological polar surface area (TPSA) is 111 Å². The molecule has 0 aliphatic carbocycles. The van der Waals surface area contributed by atoms with Crippen LogP contribution in [-0.4, -0.2) is 52.0 Å². The Kier molecular flexibility index (Phi) is 4.64. The minimum atomic E-state index is -0.283. The molecular formula is C12H15N7O. The Hall–Kier alpha value is -2.45. The first-order valence-corrected chi connectivity index (χ1v) is 6.42. The van der Waals surface area contributed by atoms with Crippen molar-refractivity contribution < 1.29 is 4.79 Å². The maximum Gasteiger partial charge on any atom is 0.276 e. The molecule has 2 heterocycles. The average Bonchev–Trinajstić information content (AvgIpc) is 2.85. The molecule has 0 radical (unpaired) electrons. The Morgan fingerprint density at radius 3 is 2.55 bits per heavy atom. The van der Waals surface area contributed by atoms with Gasteiger partial charge in [-0.25, -0.2) is 4.68 Å². The quantitative estimate of drug-likeness (QED) is 0.761. The van der Waals surface area contributed by atoms with E-state index in [0.717, 1.165) is 13.1 Å². The van der Waals surface area contributed by atoms with Crippen LogP contribution in [0.15, 0.2) is 6.20 Å². The van der Waals surface area contributed by atoms with Crippen LogP contribution in [0.2, 0.25) is 0 Å². The predicted octanol–water partition coefficient (Wildman–Crippen LogP) is -0.308. The Morgan fingerprint density at radius 2 is 2.05 bits per heavy atom. The number of carbonyl (C=O) groups is 1. The summed E-state index contributed by atoms with van der Waals surface area (Å²) < 4.78 is 1.68. The summed E-state index contributed by atoms with van der Waals surface area (Å²) in [6, 6.07) is 4.24. The maximum atomic E-state index is 12.3. The number of rotatable bonds is 6. The van der Waals surface area contributed by atoms with Gasteiger partial charge in [0.25, 0.3) is 5.91 Å². The molecule has 0 spiro atoms. The molecule has 0 unspecified atom stereocenters. The minimum absolute atomic E-state index is 0.234. The summed E-state index contributed by atoms with van der Waals surface area (Å²) in [4.78, 5) is 13.7. The van der Waals surface area contributed by atoms with E-state index in [1.807, 2.05) is 12.1 Å². The zero-order valence-electron chi connectivity index (χ0n) is 11.0. The highest BCUT2D eigenvalue weighted by atomic mass is 16.2. The third kappa shape index (κ3) is 3.11. The lowest BCUT2D eigenvalue weighted by atomic mass is 10.2. The van der Waals surface area contributed by atoms with E-state index in [1.165, 1.54) is 4.90 Å². The molecule has 2 rings (SSSR count). The fraction of sp³-hybridized carbons (Fsp3) is 0.583. The predicted molar refractivity (Wildman–Crippen MR) is 68.3 cm³/mol. The molecule has 8 nitrogen and oxygen atoms in total. The number of aromatic nitrogens is 3. The lowest BCUT2D eigenvalue weighted by Gasteiger charge is -2.26.